The molecule has 0 radical (unpaired) electrons. The molecule has 1 heteroatoms. The minimum Gasteiger partial charge on any atom is -0.324 e. The monoisotopic (exact) mass is 283 g/mol. The van der Waals surface area contributed by atoms with E-state index in [-0.39, 0.29) is 6.04 Å². The first-order valence-corrected chi connectivity index (χ1v) is 8.39. The molecule has 0 aliphatic carbocycles. The molecule has 0 saturated heterocycles. The second-order valence-corrected chi connectivity index (χ2v) is 6.26. The van der Waals surface area contributed by atoms with Gasteiger partial charge < -0.3 is 5.73 Å². The Morgan fingerprint density at radius 2 is 1.71 bits per heavy atom. The number of hydrogen-bond acceptors (Lipinski definition) is 1. The summed E-state index contributed by atoms with van der Waals surface area (Å²) in [5, 5.41) is 2.65. The van der Waals surface area contributed by atoms with Crippen LogP contribution in [0, 0.1) is 13.8 Å². The number of aryl methyl sites for hydroxylation is 1. The fraction of sp³-hybridized carbons (Fsp3) is 0.500. The van der Waals surface area contributed by atoms with Gasteiger partial charge in [-0.2, -0.15) is 0 Å². The van der Waals surface area contributed by atoms with E-state index >= 15 is 0 Å². The van der Waals surface area contributed by atoms with E-state index in [4.69, 9.17) is 5.73 Å². The zero-order valence-corrected chi connectivity index (χ0v) is 13.8. The van der Waals surface area contributed by atoms with Crippen LogP contribution in [0.5, 0.6) is 0 Å². The minimum absolute atomic E-state index is 0.163. The summed E-state index contributed by atoms with van der Waals surface area (Å²) in [6.45, 7) is 6.67. The van der Waals surface area contributed by atoms with Crippen LogP contribution in [0.15, 0.2) is 30.3 Å². The van der Waals surface area contributed by atoms with Crippen molar-refractivity contribution in [2.45, 2.75) is 65.3 Å². The van der Waals surface area contributed by atoms with Crippen LogP contribution in [0.2, 0.25) is 0 Å². The van der Waals surface area contributed by atoms with E-state index in [0.29, 0.717) is 0 Å². The van der Waals surface area contributed by atoms with Crippen molar-refractivity contribution in [2.24, 2.45) is 5.73 Å². The molecule has 1 atom stereocenters. The van der Waals surface area contributed by atoms with Crippen molar-refractivity contribution in [3.05, 3.63) is 47.0 Å². The molecule has 114 valence electrons. The zero-order valence-electron chi connectivity index (χ0n) is 13.8. The van der Waals surface area contributed by atoms with Crippen LogP contribution >= 0.6 is 0 Å². The minimum atomic E-state index is 0.163. The Morgan fingerprint density at radius 3 is 2.48 bits per heavy atom. The summed E-state index contributed by atoms with van der Waals surface area (Å²) >= 11 is 0. The maximum atomic E-state index is 6.55. The van der Waals surface area contributed by atoms with E-state index in [1.807, 2.05) is 0 Å². The lowest BCUT2D eigenvalue weighted by Gasteiger charge is -2.19. The Bertz CT molecular complexity index is 586. The number of hydrogen-bond donors (Lipinski definition) is 1. The third-order valence-corrected chi connectivity index (χ3v) is 4.61. The van der Waals surface area contributed by atoms with Crippen LogP contribution in [0.1, 0.15) is 68.2 Å². The molecule has 0 amide bonds. The van der Waals surface area contributed by atoms with Crippen molar-refractivity contribution < 1.29 is 0 Å². The number of fused-ring (bicyclic) bond motifs is 1. The summed E-state index contributed by atoms with van der Waals surface area (Å²) in [5.74, 6) is 0. The molecule has 1 nitrogen and oxygen atoms in total. The standard InChI is InChI=1S/C20H29N/c1-4-5-6-7-8-13-19(21)20-16(3)15(2)14-17-11-9-10-12-18(17)20/h9-12,14,19H,4-8,13,21H2,1-3H3. The smallest absolute Gasteiger partial charge is 0.0303 e. The molecule has 0 fully saturated rings. The van der Waals surface area contributed by atoms with Gasteiger partial charge in [-0.1, -0.05) is 69.4 Å². The molecule has 0 heterocycles. The van der Waals surface area contributed by atoms with Crippen molar-refractivity contribution in [3.63, 3.8) is 0 Å². The third-order valence-electron chi connectivity index (χ3n) is 4.61. The maximum absolute atomic E-state index is 6.55. The molecule has 0 aromatic heterocycles. The number of nitrogens with two attached hydrogens (primary N) is 1. The highest BCUT2D eigenvalue weighted by Gasteiger charge is 2.14. The van der Waals surface area contributed by atoms with E-state index < -0.39 is 0 Å². The van der Waals surface area contributed by atoms with Crippen LogP contribution in [-0.4, -0.2) is 0 Å². The summed E-state index contributed by atoms with van der Waals surface area (Å²) in [6, 6.07) is 11.1. The van der Waals surface area contributed by atoms with Crippen LogP contribution in [0.3, 0.4) is 0 Å². The Labute approximate surface area is 129 Å². The van der Waals surface area contributed by atoms with Gasteiger partial charge in [0.2, 0.25) is 0 Å². The lowest BCUT2D eigenvalue weighted by Crippen LogP contribution is -2.13. The van der Waals surface area contributed by atoms with Crippen LogP contribution < -0.4 is 5.73 Å². The molecule has 0 aliphatic heterocycles. The predicted molar refractivity (Wildman–Crippen MR) is 93.7 cm³/mol. The largest absolute Gasteiger partial charge is 0.324 e. The molecule has 2 N–H and O–H groups in total. The molecule has 2 aromatic carbocycles. The number of rotatable bonds is 7. The summed E-state index contributed by atoms with van der Waals surface area (Å²) in [7, 11) is 0. The van der Waals surface area contributed by atoms with Crippen molar-refractivity contribution in [2.75, 3.05) is 0 Å². The summed E-state index contributed by atoms with van der Waals surface area (Å²) < 4.78 is 0. The van der Waals surface area contributed by atoms with Crippen molar-refractivity contribution in [1.82, 2.24) is 0 Å². The number of benzene rings is 2. The number of unbranched alkanes of at least 4 members (excludes halogenated alkanes) is 4. The SMILES string of the molecule is CCCCCCCC(N)c1c(C)c(C)cc2ccccc12. The summed E-state index contributed by atoms with van der Waals surface area (Å²) in [4.78, 5) is 0. The molecule has 0 bridgehead atoms. The molecule has 2 rings (SSSR count). The Balaban J connectivity index is 2.18. The molecule has 21 heavy (non-hydrogen) atoms. The first kappa shape index (κ1) is 16.0. The van der Waals surface area contributed by atoms with E-state index in [1.54, 1.807) is 0 Å². The fourth-order valence-electron chi connectivity index (χ4n) is 3.21. The summed E-state index contributed by atoms with van der Waals surface area (Å²) in [6.07, 6.45) is 7.64. The average Bonchev–Trinajstić information content (AvgIpc) is 2.48. The molecule has 0 spiro atoms. The normalized spacial score (nSPS) is 12.8. The van der Waals surface area contributed by atoms with Crippen LogP contribution in [0.4, 0.5) is 0 Å². The Morgan fingerprint density at radius 1 is 1.00 bits per heavy atom. The molecule has 0 aliphatic rings. The fourth-order valence-corrected chi connectivity index (χ4v) is 3.21. The predicted octanol–water partition coefficient (Wildman–Crippen LogP) is 5.82. The lowest BCUT2D eigenvalue weighted by molar-refractivity contribution is 0.555. The van der Waals surface area contributed by atoms with Crippen molar-refractivity contribution in [1.29, 1.82) is 0 Å². The maximum Gasteiger partial charge on any atom is 0.0303 e. The summed E-state index contributed by atoms with van der Waals surface area (Å²) in [5.41, 5.74) is 10.6. The highest BCUT2D eigenvalue weighted by molar-refractivity contribution is 5.88. The molecule has 0 saturated carbocycles. The topological polar surface area (TPSA) is 26.0 Å². The first-order chi connectivity index (χ1) is 10.1. The van der Waals surface area contributed by atoms with E-state index in [1.165, 1.54) is 59.6 Å². The van der Waals surface area contributed by atoms with Gasteiger partial charge in [-0.25, -0.2) is 0 Å². The van der Waals surface area contributed by atoms with Gasteiger partial charge in [0.25, 0.3) is 0 Å². The van der Waals surface area contributed by atoms with Gasteiger partial charge in [0.1, 0.15) is 0 Å². The van der Waals surface area contributed by atoms with Crippen molar-refractivity contribution in [3.8, 4) is 0 Å². The second kappa shape index (κ2) is 7.61. The van der Waals surface area contributed by atoms with Gasteiger partial charge in [-0.15, -0.1) is 0 Å². The van der Waals surface area contributed by atoms with Crippen molar-refractivity contribution >= 4 is 10.8 Å². The Hall–Kier alpha value is -1.34. The van der Waals surface area contributed by atoms with Crippen LogP contribution in [0.25, 0.3) is 10.8 Å². The van der Waals surface area contributed by atoms with E-state index in [2.05, 4.69) is 51.1 Å². The lowest BCUT2D eigenvalue weighted by atomic mass is 9.89. The van der Waals surface area contributed by atoms with Gasteiger partial charge in [0.15, 0.2) is 0 Å². The molecular formula is C20H29N. The third kappa shape index (κ3) is 3.85. The van der Waals surface area contributed by atoms with Gasteiger partial charge in [0, 0.05) is 6.04 Å². The zero-order chi connectivity index (χ0) is 15.2. The molecule has 2 aromatic rings. The Kier molecular flexibility index (Phi) is 5.81. The van der Waals surface area contributed by atoms with Gasteiger partial charge in [-0.3, -0.25) is 0 Å². The highest BCUT2D eigenvalue weighted by atomic mass is 14.6. The van der Waals surface area contributed by atoms with E-state index in [9.17, 15) is 0 Å². The first-order valence-electron chi connectivity index (χ1n) is 8.39. The molecular weight excluding hydrogens is 254 g/mol. The van der Waals surface area contributed by atoms with Crippen LogP contribution in [-0.2, 0) is 0 Å². The average molecular weight is 283 g/mol. The van der Waals surface area contributed by atoms with Gasteiger partial charge >= 0.3 is 0 Å². The molecule has 1 unspecified atom stereocenters. The second-order valence-electron chi connectivity index (χ2n) is 6.26. The quantitative estimate of drug-likeness (QED) is 0.637. The van der Waals surface area contributed by atoms with Gasteiger partial charge in [0.05, 0.1) is 0 Å². The van der Waals surface area contributed by atoms with E-state index in [0.717, 1.165) is 6.42 Å². The van der Waals surface area contributed by atoms with Gasteiger partial charge in [-0.05, 0) is 47.7 Å². The highest BCUT2D eigenvalue weighted by Crippen LogP contribution is 2.31.